The Morgan fingerprint density at radius 3 is 1.45 bits per heavy atom. The summed E-state index contributed by atoms with van der Waals surface area (Å²) in [5.74, 6) is -0.0957. The highest BCUT2D eigenvalue weighted by molar-refractivity contribution is 6.67. The molecule has 1 nitrogen and oxygen atoms in total. The van der Waals surface area contributed by atoms with Gasteiger partial charge < -0.3 is 0 Å². The first kappa shape index (κ1) is 22.6. The highest BCUT2D eigenvalue weighted by atomic mass is 35.5. The normalized spacial score (nSPS) is 6.73. The third-order valence-electron chi connectivity index (χ3n) is 0.105. The van der Waals surface area contributed by atoms with Crippen LogP contribution in [0.4, 0.5) is 9.41 Å². The first-order valence-electron chi connectivity index (χ1n) is 2.03. The van der Waals surface area contributed by atoms with E-state index in [1.54, 1.807) is 6.92 Å². The minimum absolute atomic E-state index is 0. The average Bonchev–Trinajstić information content (AvgIpc) is 1.65. The molecule has 0 saturated carbocycles. The van der Waals surface area contributed by atoms with Gasteiger partial charge in [-0.15, -0.1) is 34.8 Å². The summed E-state index contributed by atoms with van der Waals surface area (Å²) in [6, 6.07) is 0. The summed E-state index contributed by atoms with van der Waals surface area (Å²) >= 11 is 19.6. The van der Waals surface area contributed by atoms with Crippen molar-refractivity contribution >= 4 is 51.6 Å². The summed E-state index contributed by atoms with van der Waals surface area (Å²) in [6.45, 7) is 1.70. The molecule has 72 valence electrons. The summed E-state index contributed by atoms with van der Waals surface area (Å²) in [5.41, 5.74) is 0. The summed E-state index contributed by atoms with van der Waals surface area (Å²) in [5, 5.41) is -0.508. The van der Waals surface area contributed by atoms with Gasteiger partial charge in [-0.05, 0) is 18.5 Å². The molecule has 0 aliphatic heterocycles. The van der Waals surface area contributed by atoms with E-state index < -0.39 is 5.24 Å². The molecule has 7 heteroatoms. The van der Waals surface area contributed by atoms with Gasteiger partial charge in [-0.1, -0.05) is 0 Å². The summed E-state index contributed by atoms with van der Waals surface area (Å²) < 4.78 is 0. The monoisotopic (exact) mass is 250 g/mol. The van der Waals surface area contributed by atoms with E-state index in [2.05, 4.69) is 0 Å². The number of carbonyl (C=O) groups is 1. The van der Waals surface area contributed by atoms with E-state index >= 15 is 0 Å². The highest BCUT2D eigenvalue weighted by Crippen LogP contribution is 1.95. The Balaban J connectivity index is -0.0000000383. The first-order chi connectivity index (χ1) is 4.00. The molecule has 0 aliphatic rings. The van der Waals surface area contributed by atoms with Crippen LogP contribution in [-0.2, 0) is 4.79 Å². The van der Waals surface area contributed by atoms with Crippen molar-refractivity contribution in [2.45, 2.75) is 11.8 Å². The lowest BCUT2D eigenvalue weighted by Crippen LogP contribution is -1.81. The summed E-state index contributed by atoms with van der Waals surface area (Å²) in [6.07, 6.45) is 0. The smallest absolute Gasteiger partial charge is 0.236 e. The average molecular weight is 252 g/mol. The lowest BCUT2D eigenvalue weighted by Gasteiger charge is -1.72. The van der Waals surface area contributed by atoms with Gasteiger partial charge in [0.2, 0.25) is 5.24 Å². The van der Waals surface area contributed by atoms with Crippen molar-refractivity contribution in [2.75, 3.05) is 5.88 Å². The van der Waals surface area contributed by atoms with E-state index in [1.165, 1.54) is 0 Å². The number of hydrogen-bond acceptors (Lipinski definition) is 1. The molecule has 0 atom stereocenters. The van der Waals surface area contributed by atoms with Crippen molar-refractivity contribution in [1.29, 1.82) is 0 Å². The van der Waals surface area contributed by atoms with Crippen molar-refractivity contribution in [3.63, 3.8) is 0 Å². The molecular weight excluding hydrogens is 244 g/mol. The van der Waals surface area contributed by atoms with Crippen molar-refractivity contribution in [2.24, 2.45) is 0 Å². The molecule has 0 saturated heterocycles. The second-order valence-corrected chi connectivity index (χ2v) is 3.23. The van der Waals surface area contributed by atoms with Crippen LogP contribution in [0, 0.1) is 0 Å². The number of carbonyl (C=O) groups excluding carboxylic acids is 1. The molecule has 0 aromatic carbocycles. The van der Waals surface area contributed by atoms with Crippen LogP contribution in [0.15, 0.2) is 0 Å². The van der Waals surface area contributed by atoms with Crippen LogP contribution in [0.3, 0.4) is 0 Å². The fourth-order valence-corrected chi connectivity index (χ4v) is 0. The second-order valence-electron chi connectivity index (χ2n) is 1.01. The molecule has 0 aliphatic carbocycles. The maximum atomic E-state index is 9.45. The number of alkyl halides is 3. The number of rotatable bonds is 1. The third-order valence-corrected chi connectivity index (χ3v) is 0.618. The Morgan fingerprint density at radius 1 is 1.36 bits per heavy atom. The number of hydrogen-bond donors (Lipinski definition) is 0. The Morgan fingerprint density at radius 2 is 1.45 bits per heavy atom. The van der Waals surface area contributed by atoms with E-state index in [0.29, 0.717) is 0 Å². The summed E-state index contributed by atoms with van der Waals surface area (Å²) in [7, 11) is 0. The van der Waals surface area contributed by atoms with Crippen molar-refractivity contribution in [3.8, 4) is 0 Å². The Bertz CT molecular complexity index is 77.7. The molecular formula is C4H8Cl4F2O. The maximum absolute atomic E-state index is 9.45. The van der Waals surface area contributed by atoms with E-state index in [4.69, 9.17) is 46.4 Å². The Kier molecular flexibility index (Phi) is 34.9. The molecule has 0 bridgehead atoms. The molecule has 11 heavy (non-hydrogen) atoms. The van der Waals surface area contributed by atoms with Crippen LogP contribution in [-0.4, -0.2) is 16.0 Å². The molecule has 0 fully saturated rings. The fraction of sp³-hybridized carbons (Fsp3) is 0.750. The Hall–Kier alpha value is 0.690. The van der Waals surface area contributed by atoms with E-state index in [-0.39, 0.29) is 20.1 Å². The van der Waals surface area contributed by atoms with Gasteiger partial charge in [0.1, 0.15) is 4.84 Å². The van der Waals surface area contributed by atoms with Crippen LogP contribution < -0.4 is 0 Å². The van der Waals surface area contributed by atoms with Crippen LogP contribution in [0.1, 0.15) is 6.92 Å². The molecule has 0 radical (unpaired) electrons. The van der Waals surface area contributed by atoms with Gasteiger partial charge in [-0.25, -0.2) is 0 Å². The van der Waals surface area contributed by atoms with E-state index in [9.17, 15) is 4.79 Å². The zero-order valence-electron chi connectivity index (χ0n) is 5.52. The zero-order chi connectivity index (χ0) is 7.86. The van der Waals surface area contributed by atoms with Gasteiger partial charge in [0.15, 0.2) is 0 Å². The molecule has 0 aromatic heterocycles. The molecule has 0 aromatic rings. The van der Waals surface area contributed by atoms with Crippen molar-refractivity contribution < 1.29 is 14.2 Å². The molecule has 0 amide bonds. The van der Waals surface area contributed by atoms with Crippen LogP contribution in [0.5, 0.6) is 0 Å². The standard InChI is InChI=1S/C2H2Cl2O.C2H4Cl2.2FH/c3-1-2(4)5;1-2(3)4;;/h1H2;2H,1H3;2*1H. The highest BCUT2D eigenvalue weighted by Gasteiger charge is 1.83. The molecule has 0 spiro atoms. The predicted octanol–water partition coefficient (Wildman–Crippen LogP) is 3.11. The summed E-state index contributed by atoms with van der Waals surface area (Å²) in [4.78, 5) is 9.22. The van der Waals surface area contributed by atoms with Crippen LogP contribution >= 0.6 is 46.4 Å². The van der Waals surface area contributed by atoms with E-state index in [0.717, 1.165) is 0 Å². The van der Waals surface area contributed by atoms with Gasteiger partial charge >= 0.3 is 0 Å². The third kappa shape index (κ3) is 112. The van der Waals surface area contributed by atoms with E-state index in [1.807, 2.05) is 0 Å². The minimum atomic E-state index is -0.508. The largest absolute Gasteiger partial charge is 0.280 e. The van der Waals surface area contributed by atoms with Crippen molar-refractivity contribution in [3.05, 3.63) is 0 Å². The zero-order valence-corrected chi connectivity index (χ0v) is 8.54. The minimum Gasteiger partial charge on any atom is -0.280 e. The van der Waals surface area contributed by atoms with Gasteiger partial charge in [-0.2, -0.15) is 0 Å². The van der Waals surface area contributed by atoms with Gasteiger partial charge in [0.25, 0.3) is 0 Å². The predicted molar refractivity (Wildman–Crippen MR) is 47.8 cm³/mol. The second kappa shape index (κ2) is 17.0. The maximum Gasteiger partial charge on any atom is 0.236 e. The molecule has 0 heterocycles. The number of halogens is 6. The van der Waals surface area contributed by atoms with Crippen LogP contribution in [0.2, 0.25) is 0 Å². The lowest BCUT2D eigenvalue weighted by molar-refractivity contribution is -0.109. The SMILES string of the molecule is CC(Cl)Cl.F.F.O=C(Cl)CCl. The molecule has 0 rings (SSSR count). The van der Waals surface area contributed by atoms with Crippen LogP contribution in [0.25, 0.3) is 0 Å². The van der Waals surface area contributed by atoms with Gasteiger partial charge in [0, 0.05) is 0 Å². The quantitative estimate of drug-likeness (QED) is 0.517. The van der Waals surface area contributed by atoms with Gasteiger partial charge in [0.05, 0.1) is 5.88 Å². The molecule has 0 unspecified atom stereocenters. The first-order valence-corrected chi connectivity index (χ1v) is 3.81. The lowest BCUT2D eigenvalue weighted by atomic mass is 10.9. The topological polar surface area (TPSA) is 17.1 Å². The fourth-order valence-electron chi connectivity index (χ4n) is 0. The molecule has 0 N–H and O–H groups in total. The Labute approximate surface area is 83.7 Å². The van der Waals surface area contributed by atoms with Gasteiger partial charge in [-0.3, -0.25) is 14.2 Å². The van der Waals surface area contributed by atoms with Crippen molar-refractivity contribution in [1.82, 2.24) is 0 Å².